The minimum absolute atomic E-state index is 0.558. The molecular formula is C32H42N4O7. The van der Waals surface area contributed by atoms with Crippen LogP contribution in [0, 0.1) is 11.8 Å². The van der Waals surface area contributed by atoms with Crippen molar-refractivity contribution >= 4 is 22.9 Å². The number of hydrogen-bond acceptors (Lipinski definition) is 9. The predicted molar refractivity (Wildman–Crippen MR) is 161 cm³/mol. The second kappa shape index (κ2) is 15.5. The molecule has 3 aromatic rings. The molecule has 0 unspecified atom stereocenters. The summed E-state index contributed by atoms with van der Waals surface area (Å²) in [6.07, 6.45) is 10.0. The third kappa shape index (κ3) is 9.79. The SMILES string of the molecule is COc1ncccc1CN1CCC(CCc2noc3c(CN(C)C)c(OCC4CC4)ccc23)CC1.O=C(O)/C=C/C(=O)O. The number of fused-ring (bicyclic) bond motifs is 1. The molecule has 0 amide bonds. The van der Waals surface area contributed by atoms with Crippen molar-refractivity contribution in [3.63, 3.8) is 0 Å². The number of aliphatic carboxylic acids is 2. The number of benzene rings is 1. The van der Waals surface area contributed by atoms with Crippen LogP contribution in [0.1, 0.15) is 48.9 Å². The molecule has 2 N–H and O–H groups in total. The Hall–Kier alpha value is -3.96. The molecule has 0 bridgehead atoms. The topological polar surface area (TPSA) is 138 Å². The van der Waals surface area contributed by atoms with E-state index >= 15 is 0 Å². The molecule has 0 radical (unpaired) electrons. The van der Waals surface area contributed by atoms with Crippen molar-refractivity contribution in [3.05, 3.63) is 59.4 Å². The average Bonchev–Trinajstić information content (AvgIpc) is 3.73. The number of methoxy groups -OCH3 is 1. The molecule has 0 atom stereocenters. The fraction of sp³-hybridized carbons (Fsp3) is 0.500. The van der Waals surface area contributed by atoms with Crippen LogP contribution in [0.3, 0.4) is 0 Å². The number of aromatic nitrogens is 2. The van der Waals surface area contributed by atoms with Crippen LogP contribution in [0.5, 0.6) is 11.6 Å². The van der Waals surface area contributed by atoms with E-state index in [0.29, 0.717) is 12.2 Å². The molecule has 5 rings (SSSR count). The van der Waals surface area contributed by atoms with Gasteiger partial charge >= 0.3 is 11.9 Å². The van der Waals surface area contributed by atoms with E-state index in [0.717, 1.165) is 96.9 Å². The van der Waals surface area contributed by atoms with E-state index in [-0.39, 0.29) is 0 Å². The summed E-state index contributed by atoms with van der Waals surface area (Å²) in [5, 5.41) is 21.3. The lowest BCUT2D eigenvalue weighted by molar-refractivity contribution is -0.134. The van der Waals surface area contributed by atoms with Gasteiger partial charge in [0.05, 0.1) is 25.0 Å². The minimum atomic E-state index is -1.26. The molecule has 1 saturated heterocycles. The van der Waals surface area contributed by atoms with E-state index < -0.39 is 11.9 Å². The van der Waals surface area contributed by atoms with E-state index in [4.69, 9.17) is 24.2 Å². The largest absolute Gasteiger partial charge is 0.493 e. The van der Waals surface area contributed by atoms with E-state index in [1.54, 1.807) is 13.3 Å². The Morgan fingerprint density at radius 1 is 1.07 bits per heavy atom. The molecule has 1 aliphatic carbocycles. The van der Waals surface area contributed by atoms with Crippen molar-refractivity contribution < 1.29 is 33.8 Å². The molecule has 2 aromatic heterocycles. The van der Waals surface area contributed by atoms with Crippen LogP contribution in [0.2, 0.25) is 0 Å². The van der Waals surface area contributed by atoms with Gasteiger partial charge in [0.1, 0.15) is 5.75 Å². The summed E-state index contributed by atoms with van der Waals surface area (Å²) in [5.41, 5.74) is 4.25. The Kier molecular flexibility index (Phi) is 11.5. The lowest BCUT2D eigenvalue weighted by Crippen LogP contribution is -2.33. The molecule has 11 nitrogen and oxygen atoms in total. The predicted octanol–water partition coefficient (Wildman–Crippen LogP) is 4.64. The molecule has 1 aliphatic heterocycles. The summed E-state index contributed by atoms with van der Waals surface area (Å²) in [5.74, 6) is 0.609. The molecule has 3 heterocycles. The number of likely N-dealkylation sites (tertiary alicyclic amines) is 1. The Morgan fingerprint density at radius 3 is 2.42 bits per heavy atom. The number of hydrogen-bond donors (Lipinski definition) is 2. The highest BCUT2D eigenvalue weighted by Gasteiger charge is 2.25. The molecule has 1 aromatic carbocycles. The highest BCUT2D eigenvalue weighted by Crippen LogP contribution is 2.35. The van der Waals surface area contributed by atoms with Gasteiger partial charge in [-0.05, 0) is 95.7 Å². The summed E-state index contributed by atoms with van der Waals surface area (Å²) in [6.45, 7) is 4.71. The fourth-order valence-corrected chi connectivity index (χ4v) is 5.25. The quantitative estimate of drug-likeness (QED) is 0.268. The minimum Gasteiger partial charge on any atom is -0.493 e. The normalized spacial score (nSPS) is 15.9. The van der Waals surface area contributed by atoms with Crippen LogP contribution in [0.4, 0.5) is 0 Å². The van der Waals surface area contributed by atoms with Crippen molar-refractivity contribution in [3.8, 4) is 11.6 Å². The number of carbonyl (C=O) groups is 2. The van der Waals surface area contributed by atoms with Crippen LogP contribution in [0.25, 0.3) is 11.0 Å². The molecule has 11 heteroatoms. The van der Waals surface area contributed by atoms with E-state index in [2.05, 4.69) is 52.2 Å². The van der Waals surface area contributed by atoms with E-state index in [1.807, 2.05) is 6.07 Å². The Balaban J connectivity index is 0.000000467. The number of pyridine rings is 1. The van der Waals surface area contributed by atoms with Crippen molar-refractivity contribution in [2.75, 3.05) is 40.9 Å². The van der Waals surface area contributed by atoms with Gasteiger partial charge in [0.15, 0.2) is 5.58 Å². The van der Waals surface area contributed by atoms with E-state index in [1.165, 1.54) is 25.7 Å². The zero-order valence-corrected chi connectivity index (χ0v) is 25.2. The highest BCUT2D eigenvalue weighted by molar-refractivity contribution is 5.89. The molecule has 43 heavy (non-hydrogen) atoms. The second-order valence-electron chi connectivity index (χ2n) is 11.5. The standard InChI is InChI=1S/C28H38N4O3.C4H4O4/c1-31(2)18-24-26(34-19-21-6-7-21)11-9-23-25(30-35-27(23)24)10-8-20-12-15-32(16-13-20)17-22-5-4-14-29-28(22)33-3;5-3(6)1-2-4(7)8/h4-5,9,11,14,20-21H,6-8,10,12-13,15-19H2,1-3H3;1-2H,(H,5,6)(H,7,8)/b;2-1+. The molecule has 232 valence electrons. The number of carboxylic acid groups (broad SMARTS) is 2. The second-order valence-corrected chi connectivity index (χ2v) is 11.5. The van der Waals surface area contributed by atoms with Crippen LogP contribution in [-0.4, -0.2) is 83.0 Å². The van der Waals surface area contributed by atoms with Gasteiger partial charge in [0.2, 0.25) is 5.88 Å². The van der Waals surface area contributed by atoms with Crippen LogP contribution >= 0.6 is 0 Å². The number of ether oxygens (including phenoxy) is 2. The monoisotopic (exact) mass is 594 g/mol. The fourth-order valence-electron chi connectivity index (χ4n) is 5.25. The van der Waals surface area contributed by atoms with Gasteiger partial charge in [-0.25, -0.2) is 14.6 Å². The third-order valence-electron chi connectivity index (χ3n) is 7.72. The van der Waals surface area contributed by atoms with Gasteiger partial charge in [-0.2, -0.15) is 0 Å². The van der Waals surface area contributed by atoms with Crippen molar-refractivity contribution in [2.24, 2.45) is 11.8 Å². The van der Waals surface area contributed by atoms with Crippen molar-refractivity contribution in [1.82, 2.24) is 19.9 Å². The number of carboxylic acids is 2. The van der Waals surface area contributed by atoms with Gasteiger partial charge in [-0.15, -0.1) is 0 Å². The lowest BCUT2D eigenvalue weighted by Gasteiger charge is -2.32. The first-order valence-corrected chi connectivity index (χ1v) is 14.7. The molecular weight excluding hydrogens is 552 g/mol. The highest BCUT2D eigenvalue weighted by atomic mass is 16.5. The summed E-state index contributed by atoms with van der Waals surface area (Å²) < 4.78 is 17.5. The zero-order chi connectivity index (χ0) is 30.8. The first-order chi connectivity index (χ1) is 20.7. The molecule has 0 spiro atoms. The number of rotatable bonds is 13. The van der Waals surface area contributed by atoms with Crippen LogP contribution in [0.15, 0.2) is 47.1 Å². The molecule has 2 fully saturated rings. The summed E-state index contributed by atoms with van der Waals surface area (Å²) in [7, 11) is 5.85. The molecule has 2 aliphatic rings. The number of piperidine rings is 1. The maximum Gasteiger partial charge on any atom is 0.328 e. The average molecular weight is 595 g/mol. The van der Waals surface area contributed by atoms with Gasteiger partial charge in [-0.1, -0.05) is 11.2 Å². The summed E-state index contributed by atoms with van der Waals surface area (Å²) >= 11 is 0. The maximum absolute atomic E-state index is 9.55. The Bertz CT molecular complexity index is 1380. The lowest BCUT2D eigenvalue weighted by atomic mass is 9.91. The summed E-state index contributed by atoms with van der Waals surface area (Å²) in [6, 6.07) is 8.36. The number of aryl methyl sites for hydroxylation is 1. The zero-order valence-electron chi connectivity index (χ0n) is 25.2. The first-order valence-electron chi connectivity index (χ1n) is 14.7. The van der Waals surface area contributed by atoms with Gasteiger partial charge < -0.3 is 29.1 Å². The Labute approximate surface area is 252 Å². The van der Waals surface area contributed by atoms with Crippen LogP contribution in [-0.2, 0) is 29.1 Å². The van der Waals surface area contributed by atoms with Gasteiger partial charge in [0.25, 0.3) is 0 Å². The van der Waals surface area contributed by atoms with Crippen LogP contribution < -0.4 is 9.47 Å². The van der Waals surface area contributed by atoms with Gasteiger partial charge in [0, 0.05) is 42.4 Å². The smallest absolute Gasteiger partial charge is 0.328 e. The van der Waals surface area contributed by atoms with E-state index in [9.17, 15) is 9.59 Å². The third-order valence-corrected chi connectivity index (χ3v) is 7.72. The number of nitrogens with zero attached hydrogens (tertiary/aromatic N) is 4. The van der Waals surface area contributed by atoms with Gasteiger partial charge in [-0.3, -0.25) is 4.90 Å². The maximum atomic E-state index is 9.55. The summed E-state index contributed by atoms with van der Waals surface area (Å²) in [4.78, 5) is 28.1. The Morgan fingerprint density at radius 2 is 1.79 bits per heavy atom. The van der Waals surface area contributed by atoms with Crippen molar-refractivity contribution in [1.29, 1.82) is 0 Å². The first kappa shape index (κ1) is 32.0. The van der Waals surface area contributed by atoms with Crippen molar-refractivity contribution in [2.45, 2.75) is 51.6 Å². The molecule has 1 saturated carbocycles.